The Morgan fingerprint density at radius 3 is 2.15 bits per heavy atom. The molecule has 5 rings (SSSR count). The maximum absolute atomic E-state index is 9.91. The van der Waals surface area contributed by atoms with Gasteiger partial charge in [0.15, 0.2) is 0 Å². The smallest absolute Gasteiger partial charge is 0.122 e. The number of phenolic OH excluding ortho intramolecular Hbond substituents is 1. The summed E-state index contributed by atoms with van der Waals surface area (Å²) in [6.45, 7) is 0. The summed E-state index contributed by atoms with van der Waals surface area (Å²) in [6.07, 6.45) is 4.96. The molecule has 1 nitrogen and oxygen atoms in total. The van der Waals surface area contributed by atoms with Gasteiger partial charge in [0.1, 0.15) is 5.75 Å². The van der Waals surface area contributed by atoms with Crippen molar-refractivity contribution in [1.29, 1.82) is 0 Å². The van der Waals surface area contributed by atoms with Gasteiger partial charge in [0.25, 0.3) is 0 Å². The SMILES string of the molecule is Oc1ccccc1/C=C/Cc1ccc2ccc3cccc4ccc1c2c34. The summed E-state index contributed by atoms with van der Waals surface area (Å²) in [5.74, 6) is 0.319. The molecule has 0 unspecified atom stereocenters. The number of rotatable bonds is 3. The number of hydrogen-bond acceptors (Lipinski definition) is 1. The van der Waals surface area contributed by atoms with E-state index in [1.54, 1.807) is 6.07 Å². The molecule has 0 saturated carbocycles. The summed E-state index contributed by atoms with van der Waals surface area (Å²) in [6, 6.07) is 27.3. The molecule has 0 fully saturated rings. The first-order chi connectivity index (χ1) is 12.8. The first-order valence-electron chi connectivity index (χ1n) is 8.91. The first-order valence-corrected chi connectivity index (χ1v) is 8.91. The standard InChI is InChI=1S/C25H18O/c26-23-10-2-1-5-18(23)7-3-6-17-11-12-21-14-13-19-8-4-9-20-15-16-22(17)25(21)24(19)20/h1-5,7-16,26H,6H2/b7-3+. The van der Waals surface area contributed by atoms with Gasteiger partial charge in [-0.3, -0.25) is 0 Å². The largest absolute Gasteiger partial charge is 0.507 e. The van der Waals surface area contributed by atoms with Gasteiger partial charge in [-0.05, 0) is 50.4 Å². The molecule has 0 saturated heterocycles. The maximum Gasteiger partial charge on any atom is 0.122 e. The predicted octanol–water partition coefficient (Wildman–Crippen LogP) is 6.55. The van der Waals surface area contributed by atoms with E-state index in [1.807, 2.05) is 24.3 Å². The Balaban J connectivity index is 1.63. The van der Waals surface area contributed by atoms with Gasteiger partial charge in [-0.1, -0.05) is 84.9 Å². The molecule has 1 N–H and O–H groups in total. The molecule has 1 heteroatoms. The van der Waals surface area contributed by atoms with Crippen molar-refractivity contribution in [2.45, 2.75) is 6.42 Å². The molecule has 0 heterocycles. The third-order valence-corrected chi connectivity index (χ3v) is 5.19. The lowest BCUT2D eigenvalue weighted by molar-refractivity contribution is 0.474. The Morgan fingerprint density at radius 2 is 1.35 bits per heavy atom. The lowest BCUT2D eigenvalue weighted by Gasteiger charge is -2.13. The van der Waals surface area contributed by atoms with E-state index in [0.29, 0.717) is 5.75 Å². The van der Waals surface area contributed by atoms with Crippen molar-refractivity contribution >= 4 is 38.4 Å². The summed E-state index contributed by atoms with van der Waals surface area (Å²) in [5, 5.41) is 17.8. The number of aromatic hydroxyl groups is 1. The van der Waals surface area contributed by atoms with E-state index in [2.05, 4.69) is 60.7 Å². The minimum Gasteiger partial charge on any atom is -0.507 e. The van der Waals surface area contributed by atoms with Gasteiger partial charge >= 0.3 is 0 Å². The van der Waals surface area contributed by atoms with Crippen molar-refractivity contribution in [2.24, 2.45) is 0 Å². The lowest BCUT2D eigenvalue weighted by atomic mass is 9.91. The van der Waals surface area contributed by atoms with Crippen LogP contribution in [0.1, 0.15) is 11.1 Å². The molecule has 0 aromatic heterocycles. The molecule has 5 aromatic carbocycles. The second kappa shape index (κ2) is 5.89. The minimum absolute atomic E-state index is 0.319. The highest BCUT2D eigenvalue weighted by Crippen LogP contribution is 2.36. The Bertz CT molecular complexity index is 1250. The molecular weight excluding hydrogens is 316 g/mol. The van der Waals surface area contributed by atoms with E-state index in [4.69, 9.17) is 0 Å². The van der Waals surface area contributed by atoms with Crippen LogP contribution in [-0.4, -0.2) is 5.11 Å². The van der Waals surface area contributed by atoms with Gasteiger partial charge in [-0.2, -0.15) is 0 Å². The third-order valence-electron chi connectivity index (χ3n) is 5.19. The average molecular weight is 334 g/mol. The highest BCUT2D eigenvalue weighted by Gasteiger charge is 2.09. The van der Waals surface area contributed by atoms with Crippen LogP contribution in [0.4, 0.5) is 0 Å². The topological polar surface area (TPSA) is 20.2 Å². The summed E-state index contributed by atoms with van der Waals surface area (Å²) in [5.41, 5.74) is 2.16. The van der Waals surface area contributed by atoms with Crippen LogP contribution in [0.3, 0.4) is 0 Å². The van der Waals surface area contributed by atoms with Crippen molar-refractivity contribution < 1.29 is 5.11 Å². The number of para-hydroxylation sites is 1. The zero-order valence-corrected chi connectivity index (χ0v) is 14.3. The monoisotopic (exact) mass is 334 g/mol. The van der Waals surface area contributed by atoms with Crippen molar-refractivity contribution in [3.63, 3.8) is 0 Å². The number of hydrogen-bond donors (Lipinski definition) is 1. The molecule has 0 aliphatic heterocycles. The highest BCUT2D eigenvalue weighted by molar-refractivity contribution is 6.23. The van der Waals surface area contributed by atoms with Gasteiger partial charge in [-0.25, -0.2) is 0 Å². The Kier molecular flexibility index (Phi) is 3.39. The van der Waals surface area contributed by atoms with E-state index in [9.17, 15) is 5.11 Å². The second-order valence-electron chi connectivity index (χ2n) is 6.75. The first kappa shape index (κ1) is 15.0. The normalized spacial score (nSPS) is 12.0. The molecular formula is C25H18O. The number of allylic oxidation sites excluding steroid dienone is 1. The zero-order chi connectivity index (χ0) is 17.5. The fourth-order valence-electron chi connectivity index (χ4n) is 3.92. The Morgan fingerprint density at radius 1 is 0.654 bits per heavy atom. The van der Waals surface area contributed by atoms with E-state index < -0.39 is 0 Å². The zero-order valence-electron chi connectivity index (χ0n) is 14.3. The fraction of sp³-hybridized carbons (Fsp3) is 0.0400. The van der Waals surface area contributed by atoms with E-state index in [1.165, 1.54) is 37.9 Å². The van der Waals surface area contributed by atoms with Gasteiger partial charge in [0.2, 0.25) is 0 Å². The number of phenols is 1. The molecule has 0 aliphatic carbocycles. The second-order valence-corrected chi connectivity index (χ2v) is 6.75. The minimum atomic E-state index is 0.319. The van der Waals surface area contributed by atoms with Gasteiger partial charge in [0.05, 0.1) is 0 Å². The van der Waals surface area contributed by atoms with Gasteiger partial charge in [-0.15, -0.1) is 0 Å². The van der Waals surface area contributed by atoms with Crippen molar-refractivity contribution in [2.75, 3.05) is 0 Å². The van der Waals surface area contributed by atoms with Crippen LogP contribution in [0.5, 0.6) is 5.75 Å². The molecule has 0 amide bonds. The fourth-order valence-corrected chi connectivity index (χ4v) is 3.92. The summed E-state index contributed by atoms with van der Waals surface area (Å²) < 4.78 is 0. The predicted molar refractivity (Wildman–Crippen MR) is 111 cm³/mol. The van der Waals surface area contributed by atoms with Crippen LogP contribution >= 0.6 is 0 Å². The van der Waals surface area contributed by atoms with Crippen LogP contribution in [-0.2, 0) is 6.42 Å². The molecule has 0 spiro atoms. The molecule has 26 heavy (non-hydrogen) atoms. The van der Waals surface area contributed by atoms with E-state index in [0.717, 1.165) is 12.0 Å². The molecule has 124 valence electrons. The van der Waals surface area contributed by atoms with E-state index >= 15 is 0 Å². The lowest BCUT2D eigenvalue weighted by Crippen LogP contribution is -1.89. The molecule has 0 radical (unpaired) electrons. The summed E-state index contributed by atoms with van der Waals surface area (Å²) in [4.78, 5) is 0. The van der Waals surface area contributed by atoms with Gasteiger partial charge in [0, 0.05) is 5.56 Å². The van der Waals surface area contributed by atoms with E-state index in [-0.39, 0.29) is 0 Å². The van der Waals surface area contributed by atoms with Crippen LogP contribution in [0, 0.1) is 0 Å². The van der Waals surface area contributed by atoms with Gasteiger partial charge < -0.3 is 5.11 Å². The quantitative estimate of drug-likeness (QED) is 0.371. The third kappa shape index (κ3) is 2.33. The number of benzene rings is 5. The Labute approximate surface area is 152 Å². The van der Waals surface area contributed by atoms with Crippen LogP contribution in [0.25, 0.3) is 38.4 Å². The average Bonchev–Trinajstić information content (AvgIpc) is 2.68. The maximum atomic E-state index is 9.91. The molecule has 0 bridgehead atoms. The van der Waals surface area contributed by atoms with Crippen molar-refractivity contribution in [3.8, 4) is 5.75 Å². The van der Waals surface area contributed by atoms with Crippen molar-refractivity contribution in [1.82, 2.24) is 0 Å². The van der Waals surface area contributed by atoms with Crippen LogP contribution < -0.4 is 0 Å². The summed E-state index contributed by atoms with van der Waals surface area (Å²) >= 11 is 0. The highest BCUT2D eigenvalue weighted by atomic mass is 16.3. The molecule has 0 atom stereocenters. The molecule has 0 aliphatic rings. The summed E-state index contributed by atoms with van der Waals surface area (Å²) in [7, 11) is 0. The van der Waals surface area contributed by atoms with Crippen molar-refractivity contribution in [3.05, 3.63) is 96.1 Å². The van der Waals surface area contributed by atoms with Crippen LogP contribution in [0.2, 0.25) is 0 Å². The van der Waals surface area contributed by atoms with Crippen LogP contribution in [0.15, 0.2) is 84.9 Å². The Hall–Kier alpha value is -3.32. The molecule has 5 aromatic rings.